The SMILES string of the molecule is COc1n[14c](N(C)C)nc(=O)n1C1CCCCC1. The third-order valence-electron chi connectivity index (χ3n) is 3.33. The molecule has 0 radical (unpaired) electrons. The Hall–Kier alpha value is -1.59. The fourth-order valence-electron chi connectivity index (χ4n) is 2.38. The van der Waals surface area contributed by atoms with Crippen LogP contribution >= 0.6 is 0 Å². The van der Waals surface area contributed by atoms with Crippen molar-refractivity contribution >= 4 is 5.95 Å². The molecular weight excluding hydrogens is 234 g/mol. The first-order valence-electron chi connectivity index (χ1n) is 6.35. The number of hydrogen-bond donors (Lipinski definition) is 0. The number of nitrogens with zero attached hydrogens (tertiary/aromatic N) is 4. The average molecular weight is 254 g/mol. The zero-order valence-corrected chi connectivity index (χ0v) is 11.2. The van der Waals surface area contributed by atoms with Crippen molar-refractivity contribution in [1.82, 2.24) is 14.5 Å². The zero-order valence-electron chi connectivity index (χ0n) is 11.2. The summed E-state index contributed by atoms with van der Waals surface area (Å²) in [6.07, 6.45) is 5.54. The molecule has 1 aromatic heterocycles. The summed E-state index contributed by atoms with van der Waals surface area (Å²) >= 11 is 0. The van der Waals surface area contributed by atoms with E-state index in [1.165, 1.54) is 6.42 Å². The molecule has 1 saturated carbocycles. The summed E-state index contributed by atoms with van der Waals surface area (Å²) in [6.45, 7) is 0. The van der Waals surface area contributed by atoms with Gasteiger partial charge in [0.05, 0.1) is 7.11 Å². The Balaban J connectivity index is 2.42. The van der Waals surface area contributed by atoms with Gasteiger partial charge in [-0.3, -0.25) is 0 Å². The highest BCUT2D eigenvalue weighted by molar-refractivity contribution is 5.26. The minimum absolute atomic E-state index is 0.178. The smallest absolute Gasteiger partial charge is 0.355 e. The van der Waals surface area contributed by atoms with Crippen LogP contribution in [0.2, 0.25) is 0 Å². The van der Waals surface area contributed by atoms with Gasteiger partial charge in [0.15, 0.2) is 0 Å². The molecule has 1 aromatic rings. The molecular formula is C12H20N4O2. The van der Waals surface area contributed by atoms with Crippen molar-refractivity contribution in [2.45, 2.75) is 38.1 Å². The van der Waals surface area contributed by atoms with Gasteiger partial charge in [0.1, 0.15) is 0 Å². The zero-order chi connectivity index (χ0) is 13.1. The van der Waals surface area contributed by atoms with Gasteiger partial charge in [0.2, 0.25) is 5.95 Å². The third kappa shape index (κ3) is 2.47. The van der Waals surface area contributed by atoms with Gasteiger partial charge in [-0.25, -0.2) is 9.36 Å². The van der Waals surface area contributed by atoms with Crippen LogP contribution < -0.4 is 15.3 Å². The van der Waals surface area contributed by atoms with E-state index < -0.39 is 0 Å². The van der Waals surface area contributed by atoms with E-state index in [9.17, 15) is 4.79 Å². The van der Waals surface area contributed by atoms with Gasteiger partial charge in [0, 0.05) is 20.1 Å². The topological polar surface area (TPSA) is 60.2 Å². The van der Waals surface area contributed by atoms with Crippen molar-refractivity contribution in [3.63, 3.8) is 0 Å². The molecule has 6 nitrogen and oxygen atoms in total. The Morgan fingerprint density at radius 1 is 1.28 bits per heavy atom. The highest BCUT2D eigenvalue weighted by atomic mass is 16.5. The Morgan fingerprint density at radius 2 is 1.94 bits per heavy atom. The van der Waals surface area contributed by atoms with Crippen molar-refractivity contribution in [1.29, 1.82) is 0 Å². The molecule has 2 rings (SSSR count). The summed E-state index contributed by atoms with van der Waals surface area (Å²) in [4.78, 5) is 22.1. The fraction of sp³-hybridized carbons (Fsp3) is 0.750. The minimum atomic E-state index is -0.266. The Morgan fingerprint density at radius 3 is 2.50 bits per heavy atom. The first-order chi connectivity index (χ1) is 8.63. The molecule has 0 aliphatic heterocycles. The van der Waals surface area contributed by atoms with E-state index in [0.29, 0.717) is 12.0 Å². The summed E-state index contributed by atoms with van der Waals surface area (Å²) in [5, 5.41) is 0. The Bertz CT molecular complexity index is 464. The lowest BCUT2D eigenvalue weighted by Gasteiger charge is -2.25. The van der Waals surface area contributed by atoms with Crippen molar-refractivity contribution in [2.75, 3.05) is 26.1 Å². The lowest BCUT2D eigenvalue weighted by Crippen LogP contribution is -2.32. The van der Waals surface area contributed by atoms with Crippen LogP contribution in [-0.4, -0.2) is 35.7 Å². The van der Waals surface area contributed by atoms with Crippen LogP contribution in [0, 0.1) is 0 Å². The van der Waals surface area contributed by atoms with Gasteiger partial charge in [0.25, 0.3) is 0 Å². The summed E-state index contributed by atoms with van der Waals surface area (Å²) in [5.74, 6) is 0.393. The van der Waals surface area contributed by atoms with E-state index >= 15 is 0 Å². The van der Waals surface area contributed by atoms with Crippen LogP contribution in [0.4, 0.5) is 5.95 Å². The minimum Gasteiger partial charge on any atom is -0.468 e. The van der Waals surface area contributed by atoms with Gasteiger partial charge in [-0.1, -0.05) is 19.3 Å². The molecule has 0 atom stereocenters. The second kappa shape index (κ2) is 5.37. The summed E-state index contributed by atoms with van der Waals surface area (Å²) < 4.78 is 6.86. The molecule has 0 saturated heterocycles. The van der Waals surface area contributed by atoms with Crippen molar-refractivity contribution < 1.29 is 4.74 Å². The average Bonchev–Trinajstić information content (AvgIpc) is 2.38. The highest BCUT2D eigenvalue weighted by Gasteiger charge is 2.22. The maximum Gasteiger partial charge on any atom is 0.355 e. The number of methoxy groups -OCH3 is 1. The van der Waals surface area contributed by atoms with Crippen LogP contribution in [-0.2, 0) is 0 Å². The summed E-state index contributed by atoms with van der Waals surface area (Å²) in [6, 6.07) is 0.544. The van der Waals surface area contributed by atoms with Gasteiger partial charge in [-0.15, -0.1) is 0 Å². The maximum atomic E-state index is 12.1. The monoisotopic (exact) mass is 254 g/mol. The standard InChI is InChI=1S/C12H20N4O2/c1-15(2)10-13-11(17)16(12(14-10)18-3)9-7-5-4-6-8-9/h9H,4-8H2,1-3H3/i10+2. The molecule has 18 heavy (non-hydrogen) atoms. The molecule has 6 heteroatoms. The van der Waals surface area contributed by atoms with E-state index in [4.69, 9.17) is 4.74 Å². The van der Waals surface area contributed by atoms with E-state index in [2.05, 4.69) is 9.97 Å². The van der Waals surface area contributed by atoms with E-state index in [1.54, 1.807) is 30.7 Å². The van der Waals surface area contributed by atoms with Gasteiger partial charge in [-0.2, -0.15) is 9.97 Å². The normalized spacial score (nSPS) is 16.6. The van der Waals surface area contributed by atoms with Gasteiger partial charge in [-0.05, 0) is 12.8 Å². The third-order valence-corrected chi connectivity index (χ3v) is 3.33. The van der Waals surface area contributed by atoms with Crippen LogP contribution in [0.1, 0.15) is 38.1 Å². The van der Waals surface area contributed by atoms with Gasteiger partial charge >= 0.3 is 11.7 Å². The van der Waals surface area contributed by atoms with Crippen molar-refractivity contribution in [2.24, 2.45) is 0 Å². The molecule has 0 N–H and O–H groups in total. The van der Waals surface area contributed by atoms with E-state index in [-0.39, 0.29) is 11.7 Å². The molecule has 0 amide bonds. The van der Waals surface area contributed by atoms with Crippen molar-refractivity contribution in [3.8, 4) is 6.01 Å². The second-order valence-corrected chi connectivity index (χ2v) is 4.85. The number of ether oxygens (including phenoxy) is 1. The van der Waals surface area contributed by atoms with Crippen LogP contribution in [0.25, 0.3) is 0 Å². The molecule has 0 spiro atoms. The Kier molecular flexibility index (Phi) is 3.84. The lowest BCUT2D eigenvalue weighted by atomic mass is 9.95. The molecule has 1 aliphatic carbocycles. The predicted octanol–water partition coefficient (Wildman–Crippen LogP) is 1.22. The molecule has 1 aliphatic rings. The van der Waals surface area contributed by atoms with E-state index in [1.807, 2.05) is 0 Å². The second-order valence-electron chi connectivity index (χ2n) is 4.85. The first-order valence-corrected chi connectivity index (χ1v) is 6.35. The van der Waals surface area contributed by atoms with Gasteiger partial charge < -0.3 is 9.64 Å². The molecule has 0 unspecified atom stereocenters. The molecule has 0 aromatic carbocycles. The predicted molar refractivity (Wildman–Crippen MR) is 69.3 cm³/mol. The quantitative estimate of drug-likeness (QED) is 0.811. The molecule has 100 valence electrons. The van der Waals surface area contributed by atoms with Crippen molar-refractivity contribution in [3.05, 3.63) is 10.5 Å². The lowest BCUT2D eigenvalue weighted by molar-refractivity contribution is 0.277. The molecule has 0 bridgehead atoms. The first kappa shape index (κ1) is 12.9. The number of hydrogen-bond acceptors (Lipinski definition) is 5. The summed E-state index contributed by atoms with van der Waals surface area (Å²) in [5.41, 5.74) is -0.266. The molecule has 1 fully saturated rings. The number of anilines is 1. The highest BCUT2D eigenvalue weighted by Crippen LogP contribution is 2.29. The van der Waals surface area contributed by atoms with Crippen LogP contribution in [0.5, 0.6) is 6.01 Å². The summed E-state index contributed by atoms with van der Waals surface area (Å²) in [7, 11) is 5.15. The Labute approximate surface area is 107 Å². The maximum absolute atomic E-state index is 12.1. The fourth-order valence-corrected chi connectivity index (χ4v) is 2.38. The van der Waals surface area contributed by atoms with E-state index in [0.717, 1.165) is 25.7 Å². The largest absolute Gasteiger partial charge is 0.468 e. The number of aromatic nitrogens is 3. The number of rotatable bonds is 3. The van der Waals surface area contributed by atoms with Crippen LogP contribution in [0.3, 0.4) is 0 Å². The molecule has 1 heterocycles. The van der Waals surface area contributed by atoms with Crippen LogP contribution in [0.15, 0.2) is 4.79 Å².